The fourth-order valence-electron chi connectivity index (χ4n) is 3.96. The summed E-state index contributed by atoms with van der Waals surface area (Å²) in [4.78, 5) is 27.1. The molecule has 0 heterocycles. The molecule has 0 saturated carbocycles. The smallest absolute Gasteiger partial charge is 0.410 e. The Bertz CT molecular complexity index is 1270. The normalized spacial score (nSPS) is 15.1. The number of nitrogens with one attached hydrogen (secondary N) is 1. The quantitative estimate of drug-likeness (QED) is 0.390. The van der Waals surface area contributed by atoms with Gasteiger partial charge in [-0.05, 0) is 54.3 Å². The van der Waals surface area contributed by atoms with Gasteiger partial charge < -0.3 is 21.0 Å². The van der Waals surface area contributed by atoms with Crippen LogP contribution in [0.5, 0.6) is 0 Å². The van der Waals surface area contributed by atoms with Crippen LogP contribution in [0.15, 0.2) is 76.6 Å². The van der Waals surface area contributed by atoms with E-state index in [1.807, 2.05) is 30.3 Å². The standard InChI is InChI=1S/C27H29N5O4/c1-4-36-27(34)32(3)24(15-19-11-14-23(31-35)25(29)17(19)2)26(33)30-21-12-9-18(10-13-21)22-8-6-5-7-20(22)16-28/h5-13,24,35H,4,14-15,29H2,1-3H3,(H,30,33)/t24-/m0/s1. The number of benzene rings is 2. The van der Waals surface area contributed by atoms with Gasteiger partial charge in [0.1, 0.15) is 11.8 Å². The number of nitrogens with zero attached hydrogens (tertiary/aromatic N) is 3. The number of oxime groups is 1. The maximum atomic E-state index is 13.4. The van der Waals surface area contributed by atoms with Crippen LogP contribution in [0.3, 0.4) is 0 Å². The minimum absolute atomic E-state index is 0.175. The van der Waals surface area contributed by atoms with Gasteiger partial charge >= 0.3 is 6.09 Å². The van der Waals surface area contributed by atoms with Gasteiger partial charge in [0, 0.05) is 25.6 Å². The summed E-state index contributed by atoms with van der Waals surface area (Å²) in [6.07, 6.45) is 1.73. The first-order valence-electron chi connectivity index (χ1n) is 11.5. The predicted molar refractivity (Wildman–Crippen MR) is 137 cm³/mol. The van der Waals surface area contributed by atoms with Gasteiger partial charge in [0.15, 0.2) is 0 Å². The molecule has 0 aliphatic heterocycles. The highest BCUT2D eigenvalue weighted by molar-refractivity contribution is 6.02. The lowest BCUT2D eigenvalue weighted by atomic mass is 9.90. The molecule has 186 valence electrons. The van der Waals surface area contributed by atoms with E-state index in [-0.39, 0.29) is 13.0 Å². The van der Waals surface area contributed by atoms with E-state index in [1.54, 1.807) is 38.1 Å². The fraction of sp³-hybridized carbons (Fsp3) is 0.259. The Morgan fingerprint density at radius 1 is 1.25 bits per heavy atom. The number of amides is 2. The first kappa shape index (κ1) is 26.0. The molecule has 1 aliphatic rings. The van der Waals surface area contributed by atoms with Crippen molar-refractivity contribution >= 4 is 23.4 Å². The number of nitrogens with two attached hydrogens (primary N) is 1. The van der Waals surface area contributed by atoms with Crippen LogP contribution in [0.1, 0.15) is 32.3 Å². The molecular weight excluding hydrogens is 458 g/mol. The number of hydrogen-bond donors (Lipinski definition) is 3. The highest BCUT2D eigenvalue weighted by atomic mass is 16.6. The van der Waals surface area contributed by atoms with Crippen LogP contribution in [0.2, 0.25) is 0 Å². The van der Waals surface area contributed by atoms with Crippen LogP contribution >= 0.6 is 0 Å². The van der Waals surface area contributed by atoms with Crippen molar-refractivity contribution in [3.8, 4) is 17.2 Å². The molecule has 9 heteroatoms. The topological polar surface area (TPSA) is 141 Å². The first-order chi connectivity index (χ1) is 17.3. The zero-order valence-corrected chi connectivity index (χ0v) is 20.5. The second-order valence-corrected chi connectivity index (χ2v) is 8.27. The summed E-state index contributed by atoms with van der Waals surface area (Å²) < 4.78 is 5.12. The summed E-state index contributed by atoms with van der Waals surface area (Å²) >= 11 is 0. The number of nitriles is 1. The van der Waals surface area contributed by atoms with Crippen molar-refractivity contribution in [3.05, 3.63) is 77.0 Å². The maximum Gasteiger partial charge on any atom is 0.410 e. The molecule has 0 unspecified atom stereocenters. The Hall–Kier alpha value is -4.58. The van der Waals surface area contributed by atoms with Crippen LogP contribution in [0.4, 0.5) is 10.5 Å². The maximum absolute atomic E-state index is 13.4. The number of carbonyl (C=O) groups excluding carboxylic acids is 2. The molecule has 0 saturated heterocycles. The molecule has 36 heavy (non-hydrogen) atoms. The Morgan fingerprint density at radius 3 is 2.58 bits per heavy atom. The van der Waals surface area contributed by atoms with Crippen molar-refractivity contribution in [3.63, 3.8) is 0 Å². The van der Waals surface area contributed by atoms with Gasteiger partial charge in [0.2, 0.25) is 5.91 Å². The van der Waals surface area contributed by atoms with E-state index in [9.17, 15) is 14.9 Å². The van der Waals surface area contributed by atoms with Crippen LogP contribution < -0.4 is 11.1 Å². The molecule has 0 aromatic heterocycles. The Kier molecular flexibility index (Phi) is 8.47. The largest absolute Gasteiger partial charge is 0.450 e. The minimum atomic E-state index is -0.885. The second kappa shape index (κ2) is 11.7. The molecular formula is C27H29N5O4. The number of allylic oxidation sites excluding steroid dienone is 3. The van der Waals surface area contributed by atoms with Crippen molar-refractivity contribution < 1.29 is 19.5 Å². The van der Waals surface area contributed by atoms with Crippen LogP contribution in [0.25, 0.3) is 11.1 Å². The van der Waals surface area contributed by atoms with Crippen molar-refractivity contribution in [2.75, 3.05) is 19.0 Å². The summed E-state index contributed by atoms with van der Waals surface area (Å²) in [6.45, 7) is 3.65. The predicted octanol–water partition coefficient (Wildman–Crippen LogP) is 4.40. The molecule has 3 rings (SSSR count). The van der Waals surface area contributed by atoms with Gasteiger partial charge in [-0.3, -0.25) is 9.69 Å². The van der Waals surface area contributed by atoms with Gasteiger partial charge in [0.05, 0.1) is 23.9 Å². The monoisotopic (exact) mass is 487 g/mol. The lowest BCUT2D eigenvalue weighted by Crippen LogP contribution is -2.45. The second-order valence-electron chi connectivity index (χ2n) is 8.27. The minimum Gasteiger partial charge on any atom is -0.450 e. The summed E-state index contributed by atoms with van der Waals surface area (Å²) in [6, 6.07) is 15.7. The molecule has 4 N–H and O–H groups in total. The van der Waals surface area contributed by atoms with Crippen molar-refractivity contribution in [2.24, 2.45) is 10.9 Å². The van der Waals surface area contributed by atoms with E-state index in [0.29, 0.717) is 34.7 Å². The third kappa shape index (κ3) is 5.73. The highest BCUT2D eigenvalue weighted by Crippen LogP contribution is 2.28. The number of carbonyl (C=O) groups is 2. The Balaban J connectivity index is 1.84. The summed E-state index contributed by atoms with van der Waals surface area (Å²) in [7, 11) is 1.51. The van der Waals surface area contributed by atoms with E-state index >= 15 is 0 Å². The Morgan fingerprint density at radius 2 is 1.94 bits per heavy atom. The van der Waals surface area contributed by atoms with Gasteiger partial charge in [0.25, 0.3) is 0 Å². The zero-order valence-electron chi connectivity index (χ0n) is 20.5. The van der Waals surface area contributed by atoms with Crippen molar-refractivity contribution in [1.29, 1.82) is 5.26 Å². The Labute approximate surface area is 210 Å². The first-order valence-corrected chi connectivity index (χ1v) is 11.5. The van der Waals surface area contributed by atoms with E-state index in [2.05, 4.69) is 16.5 Å². The molecule has 2 aromatic carbocycles. The van der Waals surface area contributed by atoms with Crippen molar-refractivity contribution in [1.82, 2.24) is 4.90 Å². The summed E-state index contributed by atoms with van der Waals surface area (Å²) in [5.41, 5.74) is 11.0. The third-order valence-electron chi connectivity index (χ3n) is 6.11. The lowest BCUT2D eigenvalue weighted by Gasteiger charge is -2.29. The fourth-order valence-corrected chi connectivity index (χ4v) is 3.96. The summed E-state index contributed by atoms with van der Waals surface area (Å²) in [5, 5.41) is 24.6. The highest BCUT2D eigenvalue weighted by Gasteiger charge is 2.30. The molecule has 0 spiro atoms. The van der Waals surface area contributed by atoms with Crippen molar-refractivity contribution in [2.45, 2.75) is 32.7 Å². The zero-order chi connectivity index (χ0) is 26.2. The van der Waals surface area contributed by atoms with Gasteiger partial charge in [-0.2, -0.15) is 5.26 Å². The molecule has 2 aromatic rings. The summed E-state index contributed by atoms with van der Waals surface area (Å²) in [5.74, 6) is -0.398. The van der Waals surface area contributed by atoms with Crippen LogP contribution in [0, 0.1) is 11.3 Å². The molecule has 1 atom stereocenters. The van der Waals surface area contributed by atoms with E-state index in [1.165, 1.54) is 11.9 Å². The molecule has 0 radical (unpaired) electrons. The lowest BCUT2D eigenvalue weighted by molar-refractivity contribution is -0.120. The van der Waals surface area contributed by atoms with Gasteiger partial charge in [-0.15, -0.1) is 0 Å². The van der Waals surface area contributed by atoms with Gasteiger partial charge in [-0.1, -0.05) is 41.6 Å². The number of hydrogen-bond acceptors (Lipinski definition) is 7. The van der Waals surface area contributed by atoms with Crippen LogP contribution in [-0.4, -0.2) is 47.5 Å². The molecule has 1 aliphatic carbocycles. The van der Waals surface area contributed by atoms with E-state index < -0.39 is 18.0 Å². The number of ether oxygens (including phenoxy) is 1. The van der Waals surface area contributed by atoms with Crippen LogP contribution in [-0.2, 0) is 9.53 Å². The number of likely N-dealkylation sites (N-methyl/N-ethyl adjacent to an activating group) is 1. The number of rotatable bonds is 7. The number of anilines is 1. The van der Waals surface area contributed by atoms with Gasteiger partial charge in [-0.25, -0.2) is 4.79 Å². The van der Waals surface area contributed by atoms with E-state index in [0.717, 1.165) is 16.7 Å². The van der Waals surface area contributed by atoms with E-state index in [4.69, 9.17) is 15.7 Å². The average Bonchev–Trinajstić information content (AvgIpc) is 2.89. The average molecular weight is 488 g/mol. The third-order valence-corrected chi connectivity index (χ3v) is 6.11. The molecule has 0 bridgehead atoms. The SMILES string of the molecule is CCOC(=O)N(C)[C@@H](CC1=CCC(=NO)C(N)=C1C)C(=O)Nc1ccc(-c2ccccc2C#N)cc1. The molecule has 9 nitrogen and oxygen atoms in total. The molecule has 0 fully saturated rings. The molecule has 2 amide bonds.